The lowest BCUT2D eigenvalue weighted by molar-refractivity contribution is 0.0729. The van der Waals surface area contributed by atoms with Crippen molar-refractivity contribution >= 4 is 0 Å². The Labute approximate surface area is 102 Å². The molecule has 1 aliphatic rings. The molecule has 1 heterocycles. The van der Waals surface area contributed by atoms with Crippen molar-refractivity contribution in [1.29, 1.82) is 0 Å². The van der Waals surface area contributed by atoms with Crippen molar-refractivity contribution in [3.63, 3.8) is 0 Å². The second-order valence-electron chi connectivity index (χ2n) is 5.51. The lowest BCUT2D eigenvalue weighted by Gasteiger charge is -2.45. The van der Waals surface area contributed by atoms with Crippen molar-refractivity contribution < 1.29 is 0 Å². The van der Waals surface area contributed by atoms with Crippen LogP contribution in [0.3, 0.4) is 0 Å². The molecule has 1 aliphatic heterocycles. The van der Waals surface area contributed by atoms with E-state index in [0.29, 0.717) is 12.0 Å². The van der Waals surface area contributed by atoms with Crippen molar-refractivity contribution in [1.82, 2.24) is 4.90 Å². The number of hydrogen-bond donors (Lipinski definition) is 1. The first-order valence-electron chi connectivity index (χ1n) is 7.10. The fourth-order valence-electron chi connectivity index (χ4n) is 3.20. The standard InChI is InChI=1S/C14H30N2/c1-5-12(6-2)13(15)14(4,7-3)16-10-8-9-11-16/h12-13H,5-11,15H2,1-4H3. The minimum Gasteiger partial charge on any atom is -0.326 e. The van der Waals surface area contributed by atoms with Gasteiger partial charge in [-0.15, -0.1) is 0 Å². The molecule has 0 amide bonds. The van der Waals surface area contributed by atoms with Gasteiger partial charge < -0.3 is 5.73 Å². The Balaban J connectivity index is 2.76. The Bertz CT molecular complexity index is 195. The molecule has 2 atom stereocenters. The molecular weight excluding hydrogens is 196 g/mol. The molecule has 0 aromatic heterocycles. The highest BCUT2D eigenvalue weighted by Crippen LogP contribution is 2.32. The molecule has 16 heavy (non-hydrogen) atoms. The highest BCUT2D eigenvalue weighted by molar-refractivity contribution is 4.98. The van der Waals surface area contributed by atoms with Crippen molar-refractivity contribution in [2.45, 2.75) is 71.4 Å². The van der Waals surface area contributed by atoms with E-state index in [-0.39, 0.29) is 5.54 Å². The van der Waals surface area contributed by atoms with Crippen LogP contribution in [-0.2, 0) is 0 Å². The summed E-state index contributed by atoms with van der Waals surface area (Å²) in [4.78, 5) is 2.63. The third-order valence-corrected chi connectivity index (χ3v) is 4.82. The molecule has 0 radical (unpaired) electrons. The normalized spacial score (nSPS) is 23.6. The van der Waals surface area contributed by atoms with Gasteiger partial charge in [-0.25, -0.2) is 0 Å². The average Bonchev–Trinajstić information content (AvgIpc) is 2.83. The van der Waals surface area contributed by atoms with Gasteiger partial charge in [0.1, 0.15) is 0 Å². The number of likely N-dealkylation sites (tertiary alicyclic amines) is 1. The van der Waals surface area contributed by atoms with Crippen LogP contribution in [0, 0.1) is 5.92 Å². The monoisotopic (exact) mass is 226 g/mol. The number of nitrogens with zero attached hydrogens (tertiary/aromatic N) is 1. The van der Waals surface area contributed by atoms with Crippen LogP contribution < -0.4 is 5.73 Å². The first kappa shape index (κ1) is 14.0. The van der Waals surface area contributed by atoms with Crippen LogP contribution in [0.4, 0.5) is 0 Å². The van der Waals surface area contributed by atoms with Crippen LogP contribution in [-0.4, -0.2) is 29.6 Å². The first-order chi connectivity index (χ1) is 7.60. The van der Waals surface area contributed by atoms with Crippen molar-refractivity contribution in [2.75, 3.05) is 13.1 Å². The Kier molecular flexibility index (Phi) is 5.26. The molecule has 0 aromatic rings. The molecule has 0 saturated carbocycles. The predicted molar refractivity (Wildman–Crippen MR) is 71.6 cm³/mol. The summed E-state index contributed by atoms with van der Waals surface area (Å²) in [6.07, 6.45) is 6.29. The van der Waals surface area contributed by atoms with Crippen LogP contribution in [0.5, 0.6) is 0 Å². The predicted octanol–water partition coefficient (Wildman–Crippen LogP) is 3.01. The van der Waals surface area contributed by atoms with Gasteiger partial charge in [0, 0.05) is 11.6 Å². The van der Waals surface area contributed by atoms with E-state index in [1.54, 1.807) is 0 Å². The second kappa shape index (κ2) is 6.02. The summed E-state index contributed by atoms with van der Waals surface area (Å²) in [7, 11) is 0. The Morgan fingerprint density at radius 2 is 1.62 bits per heavy atom. The van der Waals surface area contributed by atoms with E-state index in [1.165, 1.54) is 45.2 Å². The van der Waals surface area contributed by atoms with Gasteiger partial charge in [-0.2, -0.15) is 0 Å². The zero-order valence-electron chi connectivity index (χ0n) is 11.6. The Hall–Kier alpha value is -0.0800. The van der Waals surface area contributed by atoms with Crippen LogP contribution in [0.15, 0.2) is 0 Å². The number of hydrogen-bond acceptors (Lipinski definition) is 2. The van der Waals surface area contributed by atoms with E-state index in [2.05, 4.69) is 32.6 Å². The molecule has 2 unspecified atom stereocenters. The van der Waals surface area contributed by atoms with E-state index in [9.17, 15) is 0 Å². The van der Waals surface area contributed by atoms with E-state index in [4.69, 9.17) is 5.73 Å². The zero-order chi connectivity index (χ0) is 12.2. The minimum atomic E-state index is 0.215. The van der Waals surface area contributed by atoms with Gasteiger partial charge in [0.15, 0.2) is 0 Å². The topological polar surface area (TPSA) is 29.3 Å². The fourth-order valence-corrected chi connectivity index (χ4v) is 3.20. The second-order valence-corrected chi connectivity index (χ2v) is 5.51. The van der Waals surface area contributed by atoms with Gasteiger partial charge in [-0.1, -0.05) is 33.6 Å². The summed E-state index contributed by atoms with van der Waals surface area (Å²) in [6, 6.07) is 0.325. The summed E-state index contributed by atoms with van der Waals surface area (Å²) in [5.41, 5.74) is 6.78. The molecule has 0 aliphatic carbocycles. The number of rotatable bonds is 6. The molecule has 96 valence electrons. The van der Waals surface area contributed by atoms with E-state index < -0.39 is 0 Å². The van der Waals surface area contributed by atoms with Gasteiger partial charge in [0.05, 0.1) is 0 Å². The van der Waals surface area contributed by atoms with Crippen molar-refractivity contribution in [3.05, 3.63) is 0 Å². The summed E-state index contributed by atoms with van der Waals surface area (Å²) >= 11 is 0. The SMILES string of the molecule is CCC(CC)C(N)C(C)(CC)N1CCCC1. The van der Waals surface area contributed by atoms with Crippen LogP contribution in [0.2, 0.25) is 0 Å². The minimum absolute atomic E-state index is 0.215. The van der Waals surface area contributed by atoms with Crippen LogP contribution in [0.1, 0.15) is 59.8 Å². The Morgan fingerprint density at radius 3 is 2.00 bits per heavy atom. The molecule has 0 bridgehead atoms. The molecule has 0 spiro atoms. The highest BCUT2D eigenvalue weighted by Gasteiger charge is 2.39. The molecule has 2 nitrogen and oxygen atoms in total. The molecule has 1 rings (SSSR count). The smallest absolute Gasteiger partial charge is 0.0332 e. The maximum Gasteiger partial charge on any atom is 0.0332 e. The van der Waals surface area contributed by atoms with E-state index in [0.717, 1.165) is 0 Å². The average molecular weight is 226 g/mol. The maximum atomic E-state index is 6.57. The molecular formula is C14H30N2. The third-order valence-electron chi connectivity index (χ3n) is 4.82. The van der Waals surface area contributed by atoms with Crippen molar-refractivity contribution in [2.24, 2.45) is 11.7 Å². The Morgan fingerprint density at radius 1 is 1.12 bits per heavy atom. The summed E-state index contributed by atoms with van der Waals surface area (Å²) in [5.74, 6) is 0.672. The summed E-state index contributed by atoms with van der Waals surface area (Å²) in [5, 5.41) is 0. The van der Waals surface area contributed by atoms with Gasteiger partial charge in [-0.3, -0.25) is 4.90 Å². The van der Waals surface area contributed by atoms with Crippen molar-refractivity contribution in [3.8, 4) is 0 Å². The molecule has 1 saturated heterocycles. The van der Waals surface area contributed by atoms with Crippen LogP contribution in [0.25, 0.3) is 0 Å². The fraction of sp³-hybridized carbons (Fsp3) is 1.00. The number of nitrogens with two attached hydrogens (primary N) is 1. The van der Waals surface area contributed by atoms with E-state index >= 15 is 0 Å². The third kappa shape index (κ3) is 2.60. The van der Waals surface area contributed by atoms with Gasteiger partial charge in [0.2, 0.25) is 0 Å². The molecule has 2 N–H and O–H groups in total. The summed E-state index contributed by atoms with van der Waals surface area (Å²) < 4.78 is 0. The molecule has 2 heteroatoms. The van der Waals surface area contributed by atoms with E-state index in [1.807, 2.05) is 0 Å². The maximum absolute atomic E-state index is 6.57. The largest absolute Gasteiger partial charge is 0.326 e. The first-order valence-corrected chi connectivity index (χ1v) is 7.10. The molecule has 0 aromatic carbocycles. The van der Waals surface area contributed by atoms with Gasteiger partial charge in [-0.05, 0) is 45.2 Å². The van der Waals surface area contributed by atoms with Gasteiger partial charge >= 0.3 is 0 Å². The highest BCUT2D eigenvalue weighted by atomic mass is 15.2. The molecule has 1 fully saturated rings. The van der Waals surface area contributed by atoms with Gasteiger partial charge in [0.25, 0.3) is 0 Å². The summed E-state index contributed by atoms with van der Waals surface area (Å²) in [6.45, 7) is 11.7. The quantitative estimate of drug-likeness (QED) is 0.754. The lowest BCUT2D eigenvalue weighted by atomic mass is 9.78. The lowest BCUT2D eigenvalue weighted by Crippen LogP contribution is -2.59. The van der Waals surface area contributed by atoms with Crippen LogP contribution >= 0.6 is 0 Å². The zero-order valence-corrected chi connectivity index (χ0v) is 11.6.